The van der Waals surface area contributed by atoms with Crippen molar-refractivity contribution in [3.05, 3.63) is 35.4 Å². The van der Waals surface area contributed by atoms with Crippen molar-refractivity contribution in [1.29, 1.82) is 0 Å². The summed E-state index contributed by atoms with van der Waals surface area (Å²) in [6, 6.07) is 7.67. The summed E-state index contributed by atoms with van der Waals surface area (Å²) in [7, 11) is 0. The number of carbonyl (C=O) groups is 2. The van der Waals surface area contributed by atoms with E-state index in [1.807, 2.05) is 24.3 Å². The molecule has 0 aromatic heterocycles. The van der Waals surface area contributed by atoms with Crippen LogP contribution in [0.2, 0.25) is 0 Å². The van der Waals surface area contributed by atoms with Crippen LogP contribution in [0.5, 0.6) is 0 Å². The van der Waals surface area contributed by atoms with E-state index < -0.39 is 6.09 Å². The minimum absolute atomic E-state index is 0.167. The van der Waals surface area contributed by atoms with Gasteiger partial charge in [-0.25, -0.2) is 9.69 Å². The second-order valence-corrected chi connectivity index (χ2v) is 4.39. The fraction of sp³-hybridized carbons (Fsp3) is 0.385. The summed E-state index contributed by atoms with van der Waals surface area (Å²) < 4.78 is 5.27. The molecule has 2 amide bonds. The number of ether oxygens (including phenoxy) is 1. The Hall–Kier alpha value is -1.84. The lowest BCUT2D eigenvalue weighted by molar-refractivity contribution is -0.129. The van der Waals surface area contributed by atoms with Gasteiger partial charge in [0.05, 0.1) is 0 Å². The van der Waals surface area contributed by atoms with Gasteiger partial charge in [-0.15, -0.1) is 0 Å². The summed E-state index contributed by atoms with van der Waals surface area (Å²) in [4.78, 5) is 24.8. The van der Waals surface area contributed by atoms with Crippen molar-refractivity contribution in [2.75, 3.05) is 0 Å². The van der Waals surface area contributed by atoms with Crippen LogP contribution in [0, 0.1) is 0 Å². The van der Waals surface area contributed by atoms with Gasteiger partial charge in [0.25, 0.3) is 0 Å². The number of benzene rings is 1. The molecule has 3 rings (SSSR count). The predicted octanol–water partition coefficient (Wildman–Crippen LogP) is 2.04. The predicted molar refractivity (Wildman–Crippen MR) is 60.3 cm³/mol. The maximum absolute atomic E-state index is 11.8. The Kier molecular flexibility index (Phi) is 2.18. The van der Waals surface area contributed by atoms with Crippen molar-refractivity contribution in [1.82, 2.24) is 4.90 Å². The van der Waals surface area contributed by atoms with Crippen LogP contribution in [0.1, 0.15) is 30.5 Å². The molecule has 0 spiro atoms. The molecule has 17 heavy (non-hydrogen) atoms. The van der Waals surface area contributed by atoms with Gasteiger partial charge in [-0.1, -0.05) is 31.2 Å². The van der Waals surface area contributed by atoms with Gasteiger partial charge in [-0.2, -0.15) is 0 Å². The molecule has 1 aliphatic heterocycles. The van der Waals surface area contributed by atoms with Crippen molar-refractivity contribution in [2.45, 2.75) is 31.9 Å². The van der Waals surface area contributed by atoms with Crippen molar-refractivity contribution >= 4 is 12.0 Å². The Morgan fingerprint density at radius 1 is 1.47 bits per heavy atom. The minimum atomic E-state index is -0.499. The second-order valence-electron chi connectivity index (χ2n) is 4.39. The molecule has 1 saturated heterocycles. The summed E-state index contributed by atoms with van der Waals surface area (Å²) in [5, 5.41) is 0. The highest BCUT2D eigenvalue weighted by Gasteiger charge is 2.49. The fourth-order valence-corrected chi connectivity index (χ4v) is 2.68. The largest absolute Gasteiger partial charge is 0.443 e. The zero-order valence-corrected chi connectivity index (χ0v) is 9.55. The molecule has 0 bridgehead atoms. The van der Waals surface area contributed by atoms with Crippen LogP contribution in [0.25, 0.3) is 0 Å². The maximum atomic E-state index is 11.8. The SMILES string of the molecule is CCC(=O)N1C(=O)OC2Cc3ccccc3C21. The van der Waals surface area contributed by atoms with E-state index in [0.717, 1.165) is 5.56 Å². The zero-order valence-electron chi connectivity index (χ0n) is 9.55. The lowest BCUT2D eigenvalue weighted by Crippen LogP contribution is -2.33. The molecule has 2 atom stereocenters. The first-order chi connectivity index (χ1) is 8.22. The topological polar surface area (TPSA) is 46.6 Å². The molecule has 1 aromatic rings. The number of fused-ring (bicyclic) bond motifs is 3. The summed E-state index contributed by atoms with van der Waals surface area (Å²) in [5.41, 5.74) is 2.22. The molecule has 2 unspecified atom stereocenters. The zero-order chi connectivity index (χ0) is 12.0. The molecule has 2 aliphatic rings. The molecule has 4 heteroatoms. The molecule has 0 saturated carbocycles. The third-order valence-corrected chi connectivity index (χ3v) is 3.45. The first kappa shape index (κ1) is 10.3. The Balaban J connectivity index is 2.03. The van der Waals surface area contributed by atoms with E-state index in [1.165, 1.54) is 10.5 Å². The van der Waals surface area contributed by atoms with Gasteiger partial charge < -0.3 is 4.74 Å². The van der Waals surface area contributed by atoms with E-state index in [9.17, 15) is 9.59 Å². The van der Waals surface area contributed by atoms with Crippen molar-refractivity contribution in [3.63, 3.8) is 0 Å². The van der Waals surface area contributed by atoms with Gasteiger partial charge in [0.15, 0.2) is 0 Å². The Bertz CT molecular complexity index is 489. The van der Waals surface area contributed by atoms with Gasteiger partial charge in [0, 0.05) is 12.8 Å². The number of hydrogen-bond acceptors (Lipinski definition) is 3. The third-order valence-electron chi connectivity index (χ3n) is 3.45. The van der Waals surface area contributed by atoms with E-state index in [-0.39, 0.29) is 18.1 Å². The summed E-state index contributed by atoms with van der Waals surface area (Å²) in [5.74, 6) is -0.167. The summed E-state index contributed by atoms with van der Waals surface area (Å²) in [6.45, 7) is 1.75. The van der Waals surface area contributed by atoms with Gasteiger partial charge in [-0.3, -0.25) is 4.79 Å². The van der Waals surface area contributed by atoms with Crippen LogP contribution < -0.4 is 0 Å². The summed E-state index contributed by atoms with van der Waals surface area (Å²) >= 11 is 0. The number of amides is 2. The molecule has 4 nitrogen and oxygen atoms in total. The highest BCUT2D eigenvalue weighted by molar-refractivity contribution is 5.94. The Morgan fingerprint density at radius 2 is 2.24 bits per heavy atom. The van der Waals surface area contributed by atoms with Crippen LogP contribution in [-0.2, 0) is 16.0 Å². The Morgan fingerprint density at radius 3 is 3.00 bits per heavy atom. The average Bonchev–Trinajstić information content (AvgIpc) is 2.82. The normalized spacial score (nSPS) is 25.5. The number of hydrogen-bond donors (Lipinski definition) is 0. The molecule has 0 radical (unpaired) electrons. The molecule has 1 aromatic carbocycles. The number of carbonyl (C=O) groups excluding carboxylic acids is 2. The van der Waals surface area contributed by atoms with E-state index >= 15 is 0 Å². The quantitative estimate of drug-likeness (QED) is 0.743. The molecule has 0 N–H and O–H groups in total. The number of rotatable bonds is 1. The molecule has 1 heterocycles. The fourth-order valence-electron chi connectivity index (χ4n) is 2.68. The van der Waals surface area contributed by atoms with E-state index in [1.54, 1.807) is 6.92 Å². The van der Waals surface area contributed by atoms with Gasteiger partial charge >= 0.3 is 6.09 Å². The lowest BCUT2D eigenvalue weighted by atomic mass is 10.1. The van der Waals surface area contributed by atoms with Crippen molar-refractivity contribution in [3.8, 4) is 0 Å². The monoisotopic (exact) mass is 231 g/mol. The molecular formula is C13H13NO3. The van der Waals surface area contributed by atoms with Crippen LogP contribution >= 0.6 is 0 Å². The molecule has 1 aliphatic carbocycles. The smallest absolute Gasteiger partial charge is 0.417 e. The summed E-state index contributed by atoms with van der Waals surface area (Å²) in [6.07, 6.45) is 0.331. The van der Waals surface area contributed by atoms with Crippen LogP contribution in [0.4, 0.5) is 4.79 Å². The average molecular weight is 231 g/mol. The first-order valence-electron chi connectivity index (χ1n) is 5.83. The molecule has 1 fully saturated rings. The van der Waals surface area contributed by atoms with Crippen LogP contribution in [-0.4, -0.2) is 23.0 Å². The van der Waals surface area contributed by atoms with Crippen LogP contribution in [0.15, 0.2) is 24.3 Å². The van der Waals surface area contributed by atoms with Crippen molar-refractivity contribution < 1.29 is 14.3 Å². The second kappa shape index (κ2) is 3.58. The van der Waals surface area contributed by atoms with E-state index in [0.29, 0.717) is 12.8 Å². The minimum Gasteiger partial charge on any atom is -0.443 e. The van der Waals surface area contributed by atoms with E-state index in [4.69, 9.17) is 4.74 Å². The maximum Gasteiger partial charge on any atom is 0.417 e. The third kappa shape index (κ3) is 1.37. The first-order valence-corrected chi connectivity index (χ1v) is 5.83. The van der Waals surface area contributed by atoms with Gasteiger partial charge in [0.2, 0.25) is 5.91 Å². The van der Waals surface area contributed by atoms with Gasteiger partial charge in [0.1, 0.15) is 12.1 Å². The highest BCUT2D eigenvalue weighted by atomic mass is 16.6. The number of imide groups is 1. The highest BCUT2D eigenvalue weighted by Crippen LogP contribution is 2.42. The Labute approximate surface area is 99.2 Å². The van der Waals surface area contributed by atoms with Crippen LogP contribution in [0.3, 0.4) is 0 Å². The molecule has 88 valence electrons. The lowest BCUT2D eigenvalue weighted by Gasteiger charge is -2.18. The molecular weight excluding hydrogens is 218 g/mol. The number of nitrogens with zero attached hydrogens (tertiary/aromatic N) is 1. The standard InChI is InChI=1S/C13H13NO3/c1-2-11(15)14-12-9-6-4-3-5-8(9)7-10(12)17-13(14)16/h3-6,10,12H,2,7H2,1H3. The van der Waals surface area contributed by atoms with E-state index in [2.05, 4.69) is 0 Å². The van der Waals surface area contributed by atoms with Gasteiger partial charge in [-0.05, 0) is 11.1 Å². The van der Waals surface area contributed by atoms with Crippen molar-refractivity contribution in [2.24, 2.45) is 0 Å².